The Morgan fingerprint density at radius 3 is 2.80 bits per heavy atom. The molecule has 0 aliphatic carbocycles. The lowest BCUT2D eigenvalue weighted by atomic mass is 10.3. The number of rotatable bonds is 4. The van der Waals surface area contributed by atoms with E-state index in [0.717, 1.165) is 39.8 Å². The maximum Gasteiger partial charge on any atom is 0.136 e. The Kier molecular flexibility index (Phi) is 3.47. The fourth-order valence-corrected chi connectivity index (χ4v) is 2.64. The molecule has 2 N–H and O–H groups in total. The van der Waals surface area contributed by atoms with Gasteiger partial charge in [0.05, 0.1) is 15.7 Å². The van der Waals surface area contributed by atoms with Crippen molar-refractivity contribution in [2.75, 3.05) is 17.7 Å². The number of fused-ring (bicyclic) bond motifs is 1. The predicted octanol–water partition coefficient (Wildman–Crippen LogP) is 3.43. The molecule has 0 spiro atoms. The quantitative estimate of drug-likeness (QED) is 0.769. The SMILES string of the molecule is CCc1nc(NC)cc(Nc2ccc3ncsc3c2)n1. The molecule has 1 aromatic carbocycles. The molecular formula is C14H15N5S. The Labute approximate surface area is 121 Å². The fraction of sp³-hybridized carbons (Fsp3) is 0.214. The van der Waals surface area contributed by atoms with Gasteiger partial charge in [0.2, 0.25) is 0 Å². The molecule has 2 heterocycles. The van der Waals surface area contributed by atoms with E-state index in [0.29, 0.717) is 0 Å². The molecule has 0 atom stereocenters. The van der Waals surface area contributed by atoms with E-state index in [1.165, 1.54) is 0 Å². The number of aromatic nitrogens is 3. The molecule has 0 aliphatic heterocycles. The minimum atomic E-state index is 0.796. The third-order valence-corrected chi connectivity index (χ3v) is 3.74. The normalized spacial score (nSPS) is 10.7. The smallest absolute Gasteiger partial charge is 0.136 e. The minimum Gasteiger partial charge on any atom is -0.373 e. The Balaban J connectivity index is 1.92. The van der Waals surface area contributed by atoms with E-state index in [-0.39, 0.29) is 0 Å². The van der Waals surface area contributed by atoms with Crippen molar-refractivity contribution >= 4 is 38.9 Å². The van der Waals surface area contributed by atoms with Gasteiger partial charge in [-0.3, -0.25) is 0 Å². The summed E-state index contributed by atoms with van der Waals surface area (Å²) in [7, 11) is 1.86. The van der Waals surface area contributed by atoms with Gasteiger partial charge in [-0.15, -0.1) is 11.3 Å². The van der Waals surface area contributed by atoms with Crippen molar-refractivity contribution in [1.82, 2.24) is 15.0 Å². The lowest BCUT2D eigenvalue weighted by Crippen LogP contribution is -2.03. The monoisotopic (exact) mass is 285 g/mol. The van der Waals surface area contributed by atoms with Gasteiger partial charge in [-0.2, -0.15) is 0 Å². The zero-order valence-corrected chi connectivity index (χ0v) is 12.2. The number of aryl methyl sites for hydroxylation is 1. The van der Waals surface area contributed by atoms with Crippen molar-refractivity contribution in [2.24, 2.45) is 0 Å². The van der Waals surface area contributed by atoms with Crippen molar-refractivity contribution in [3.63, 3.8) is 0 Å². The third kappa shape index (κ3) is 2.55. The van der Waals surface area contributed by atoms with Crippen LogP contribution in [0, 0.1) is 0 Å². The van der Waals surface area contributed by atoms with Gasteiger partial charge >= 0.3 is 0 Å². The van der Waals surface area contributed by atoms with Crippen molar-refractivity contribution in [3.8, 4) is 0 Å². The van der Waals surface area contributed by atoms with Gasteiger partial charge in [0, 0.05) is 25.2 Å². The van der Waals surface area contributed by atoms with Crippen LogP contribution in [0.1, 0.15) is 12.7 Å². The molecule has 5 nitrogen and oxygen atoms in total. The topological polar surface area (TPSA) is 62.7 Å². The number of benzene rings is 1. The summed E-state index contributed by atoms with van der Waals surface area (Å²) in [5.74, 6) is 2.43. The van der Waals surface area contributed by atoms with Crippen LogP contribution in [0.25, 0.3) is 10.2 Å². The molecule has 0 radical (unpaired) electrons. The number of thiazole rings is 1. The van der Waals surface area contributed by atoms with Crippen LogP contribution in [0.3, 0.4) is 0 Å². The van der Waals surface area contributed by atoms with Gasteiger partial charge in [-0.05, 0) is 18.2 Å². The summed E-state index contributed by atoms with van der Waals surface area (Å²) in [6.45, 7) is 2.04. The number of nitrogens with one attached hydrogen (secondary N) is 2. The highest BCUT2D eigenvalue weighted by Crippen LogP contribution is 2.24. The van der Waals surface area contributed by atoms with Crippen molar-refractivity contribution < 1.29 is 0 Å². The maximum atomic E-state index is 4.49. The van der Waals surface area contributed by atoms with Gasteiger partial charge in [0.15, 0.2) is 0 Å². The first kappa shape index (κ1) is 12.8. The van der Waals surface area contributed by atoms with Crippen LogP contribution < -0.4 is 10.6 Å². The average Bonchev–Trinajstić information content (AvgIpc) is 2.94. The lowest BCUT2D eigenvalue weighted by molar-refractivity contribution is 0.945. The number of hydrogen-bond acceptors (Lipinski definition) is 6. The maximum absolute atomic E-state index is 4.49. The van der Waals surface area contributed by atoms with Crippen LogP contribution in [-0.2, 0) is 6.42 Å². The third-order valence-electron chi connectivity index (χ3n) is 2.95. The molecule has 0 bridgehead atoms. The molecule has 0 aliphatic rings. The first-order chi connectivity index (χ1) is 9.78. The molecule has 102 valence electrons. The van der Waals surface area contributed by atoms with Crippen LogP contribution in [0.2, 0.25) is 0 Å². The number of nitrogens with zero attached hydrogens (tertiary/aromatic N) is 3. The summed E-state index contributed by atoms with van der Waals surface area (Å²) in [5.41, 5.74) is 3.88. The standard InChI is InChI=1S/C14H15N5S/c1-3-12-18-13(15-2)7-14(19-12)17-9-4-5-10-11(6-9)20-8-16-10/h4-8H,3H2,1-2H3,(H2,15,17,18,19). The lowest BCUT2D eigenvalue weighted by Gasteiger charge is -2.09. The first-order valence-electron chi connectivity index (χ1n) is 6.44. The molecular weight excluding hydrogens is 270 g/mol. The average molecular weight is 285 g/mol. The summed E-state index contributed by atoms with van der Waals surface area (Å²) in [6, 6.07) is 8.00. The Bertz CT molecular complexity index is 715. The van der Waals surface area contributed by atoms with E-state index in [1.54, 1.807) is 11.3 Å². The highest BCUT2D eigenvalue weighted by atomic mass is 32.1. The number of hydrogen-bond donors (Lipinski definition) is 2. The Morgan fingerprint density at radius 2 is 2.00 bits per heavy atom. The molecule has 0 saturated heterocycles. The summed E-state index contributed by atoms with van der Waals surface area (Å²) in [6.07, 6.45) is 0.804. The second-order valence-corrected chi connectivity index (χ2v) is 5.20. The molecule has 0 saturated carbocycles. The van der Waals surface area contributed by atoms with Gasteiger partial charge in [-0.25, -0.2) is 15.0 Å². The Morgan fingerprint density at radius 1 is 1.15 bits per heavy atom. The zero-order chi connectivity index (χ0) is 13.9. The molecule has 6 heteroatoms. The Hall–Kier alpha value is -2.21. The van der Waals surface area contributed by atoms with E-state index in [1.807, 2.05) is 37.7 Å². The van der Waals surface area contributed by atoms with E-state index in [2.05, 4.69) is 31.7 Å². The van der Waals surface area contributed by atoms with Crippen molar-refractivity contribution in [2.45, 2.75) is 13.3 Å². The molecule has 0 amide bonds. The number of anilines is 3. The van der Waals surface area contributed by atoms with Crippen molar-refractivity contribution in [1.29, 1.82) is 0 Å². The molecule has 3 aromatic rings. The van der Waals surface area contributed by atoms with Gasteiger partial charge in [0.1, 0.15) is 17.5 Å². The fourth-order valence-electron chi connectivity index (χ4n) is 1.93. The summed E-state index contributed by atoms with van der Waals surface area (Å²) in [5, 5.41) is 6.38. The molecule has 3 rings (SSSR count). The van der Waals surface area contributed by atoms with E-state index in [4.69, 9.17) is 0 Å². The van der Waals surface area contributed by atoms with Crippen LogP contribution in [0.4, 0.5) is 17.3 Å². The van der Waals surface area contributed by atoms with Crippen LogP contribution in [-0.4, -0.2) is 22.0 Å². The molecule has 2 aromatic heterocycles. The molecule has 20 heavy (non-hydrogen) atoms. The summed E-state index contributed by atoms with van der Waals surface area (Å²) >= 11 is 1.63. The van der Waals surface area contributed by atoms with E-state index >= 15 is 0 Å². The van der Waals surface area contributed by atoms with Crippen LogP contribution >= 0.6 is 11.3 Å². The van der Waals surface area contributed by atoms with Crippen LogP contribution in [0.15, 0.2) is 29.8 Å². The second kappa shape index (κ2) is 5.42. The van der Waals surface area contributed by atoms with Crippen LogP contribution in [0.5, 0.6) is 0 Å². The minimum absolute atomic E-state index is 0.796. The highest BCUT2D eigenvalue weighted by molar-refractivity contribution is 7.16. The summed E-state index contributed by atoms with van der Waals surface area (Å²) < 4.78 is 1.16. The van der Waals surface area contributed by atoms with E-state index in [9.17, 15) is 0 Å². The molecule has 0 unspecified atom stereocenters. The predicted molar refractivity (Wildman–Crippen MR) is 83.9 cm³/mol. The molecule has 0 fully saturated rings. The van der Waals surface area contributed by atoms with Crippen molar-refractivity contribution in [3.05, 3.63) is 35.6 Å². The van der Waals surface area contributed by atoms with Gasteiger partial charge in [0.25, 0.3) is 0 Å². The zero-order valence-electron chi connectivity index (χ0n) is 11.3. The van der Waals surface area contributed by atoms with Gasteiger partial charge in [-0.1, -0.05) is 6.92 Å². The highest BCUT2D eigenvalue weighted by Gasteiger charge is 2.04. The van der Waals surface area contributed by atoms with Gasteiger partial charge < -0.3 is 10.6 Å². The summed E-state index contributed by atoms with van der Waals surface area (Å²) in [4.78, 5) is 13.1. The first-order valence-corrected chi connectivity index (χ1v) is 7.32. The van der Waals surface area contributed by atoms with E-state index < -0.39 is 0 Å². The largest absolute Gasteiger partial charge is 0.373 e. The second-order valence-electron chi connectivity index (χ2n) is 4.32.